The van der Waals surface area contributed by atoms with Crippen molar-refractivity contribution in [1.29, 1.82) is 0 Å². The number of nitrogens with one attached hydrogen (secondary N) is 2. The normalized spacial score (nSPS) is 11.6. The second kappa shape index (κ2) is 6.87. The Balaban J connectivity index is 2.27. The minimum absolute atomic E-state index is 0.288. The number of pyridine rings is 1. The first-order valence-electron chi connectivity index (χ1n) is 6.37. The van der Waals surface area contributed by atoms with Gasteiger partial charge in [0.1, 0.15) is 4.90 Å². The third-order valence-electron chi connectivity index (χ3n) is 2.75. The topological polar surface area (TPSA) is 71.1 Å². The third kappa shape index (κ3) is 4.03. The van der Waals surface area contributed by atoms with Gasteiger partial charge >= 0.3 is 0 Å². The largest absolute Gasteiger partial charge is 0.312 e. The van der Waals surface area contributed by atoms with Crippen molar-refractivity contribution in [1.82, 2.24) is 10.3 Å². The zero-order chi connectivity index (χ0) is 15.5. The molecule has 0 radical (unpaired) electrons. The molecular formula is C13H16BrN3O2S2. The van der Waals surface area contributed by atoms with E-state index < -0.39 is 10.0 Å². The van der Waals surface area contributed by atoms with E-state index in [0.717, 1.165) is 16.3 Å². The number of hydrogen-bond acceptors (Lipinski definition) is 5. The smallest absolute Gasteiger partial charge is 0.264 e. The van der Waals surface area contributed by atoms with Crippen molar-refractivity contribution in [3.8, 4) is 0 Å². The fourth-order valence-corrected chi connectivity index (χ4v) is 4.89. The van der Waals surface area contributed by atoms with Crippen LogP contribution >= 0.6 is 27.3 Å². The lowest BCUT2D eigenvalue weighted by Crippen LogP contribution is -2.14. The minimum atomic E-state index is -3.63. The SMILES string of the molecule is CCNCc1cc(S(=O)(=O)Nc2ncccc2Br)c(C)s1. The maximum absolute atomic E-state index is 12.5. The summed E-state index contributed by atoms with van der Waals surface area (Å²) in [5, 5.41) is 3.19. The predicted octanol–water partition coefficient (Wildman–Crippen LogP) is 3.12. The number of thiophene rings is 1. The molecule has 114 valence electrons. The fourth-order valence-electron chi connectivity index (χ4n) is 1.77. The molecular weight excluding hydrogens is 374 g/mol. The first-order valence-corrected chi connectivity index (χ1v) is 9.46. The molecule has 0 saturated heterocycles. The lowest BCUT2D eigenvalue weighted by molar-refractivity contribution is 0.600. The van der Waals surface area contributed by atoms with Crippen molar-refractivity contribution in [2.45, 2.75) is 25.3 Å². The summed E-state index contributed by atoms with van der Waals surface area (Å²) in [5.74, 6) is 0.288. The summed E-state index contributed by atoms with van der Waals surface area (Å²) in [7, 11) is -3.63. The highest BCUT2D eigenvalue weighted by molar-refractivity contribution is 9.10. The van der Waals surface area contributed by atoms with Gasteiger partial charge in [-0.05, 0) is 47.6 Å². The van der Waals surface area contributed by atoms with E-state index >= 15 is 0 Å². The van der Waals surface area contributed by atoms with Gasteiger partial charge in [-0.1, -0.05) is 6.92 Å². The van der Waals surface area contributed by atoms with Crippen LogP contribution in [0.1, 0.15) is 16.7 Å². The van der Waals surface area contributed by atoms with E-state index in [1.807, 2.05) is 13.8 Å². The third-order valence-corrected chi connectivity index (χ3v) is 6.04. The standard InChI is InChI=1S/C13H16BrN3O2S2/c1-3-15-8-10-7-12(9(2)20-10)21(18,19)17-13-11(14)5-4-6-16-13/h4-7,15H,3,8H2,1-2H3,(H,16,17). The molecule has 0 aliphatic heterocycles. The van der Waals surface area contributed by atoms with Crippen molar-refractivity contribution in [2.75, 3.05) is 11.3 Å². The fraction of sp³-hybridized carbons (Fsp3) is 0.308. The van der Waals surface area contributed by atoms with Gasteiger partial charge in [-0.15, -0.1) is 11.3 Å². The van der Waals surface area contributed by atoms with Gasteiger partial charge in [0.25, 0.3) is 10.0 Å². The van der Waals surface area contributed by atoms with E-state index in [2.05, 4.69) is 31.0 Å². The molecule has 2 N–H and O–H groups in total. The van der Waals surface area contributed by atoms with E-state index in [-0.39, 0.29) is 5.82 Å². The summed E-state index contributed by atoms with van der Waals surface area (Å²) in [6.45, 7) is 5.34. The predicted molar refractivity (Wildman–Crippen MR) is 89.2 cm³/mol. The number of anilines is 1. The van der Waals surface area contributed by atoms with Crippen LogP contribution in [0.3, 0.4) is 0 Å². The van der Waals surface area contributed by atoms with Gasteiger partial charge in [-0.25, -0.2) is 13.4 Å². The van der Waals surface area contributed by atoms with Gasteiger partial charge in [0.2, 0.25) is 0 Å². The Bertz CT molecular complexity index is 729. The quantitative estimate of drug-likeness (QED) is 0.795. The molecule has 2 rings (SSSR count). The van der Waals surface area contributed by atoms with E-state index in [1.54, 1.807) is 24.4 Å². The second-order valence-corrected chi connectivity index (χ2v) is 8.20. The summed E-state index contributed by atoms with van der Waals surface area (Å²) < 4.78 is 28.1. The van der Waals surface area contributed by atoms with Crippen LogP contribution < -0.4 is 10.0 Å². The molecule has 0 bridgehead atoms. The summed E-state index contributed by atoms with van der Waals surface area (Å²) in [5.41, 5.74) is 0. The number of sulfonamides is 1. The molecule has 8 heteroatoms. The molecule has 2 heterocycles. The van der Waals surface area contributed by atoms with Gasteiger partial charge in [-0.2, -0.15) is 0 Å². The van der Waals surface area contributed by atoms with E-state index in [9.17, 15) is 8.42 Å². The van der Waals surface area contributed by atoms with Crippen molar-refractivity contribution in [2.24, 2.45) is 0 Å². The molecule has 0 saturated carbocycles. The molecule has 2 aromatic rings. The van der Waals surface area contributed by atoms with Crippen LogP contribution in [0.2, 0.25) is 0 Å². The van der Waals surface area contributed by atoms with Crippen LogP contribution in [0.15, 0.2) is 33.8 Å². The average Bonchev–Trinajstić information content (AvgIpc) is 2.81. The van der Waals surface area contributed by atoms with Crippen molar-refractivity contribution < 1.29 is 8.42 Å². The maximum Gasteiger partial charge on any atom is 0.264 e. The first kappa shape index (κ1) is 16.4. The Labute approximate surface area is 137 Å². The van der Waals surface area contributed by atoms with Gasteiger partial charge in [-0.3, -0.25) is 4.72 Å². The van der Waals surface area contributed by atoms with Crippen LogP contribution in [0.25, 0.3) is 0 Å². The monoisotopic (exact) mass is 389 g/mol. The van der Waals surface area contributed by atoms with Gasteiger partial charge in [0, 0.05) is 22.5 Å². The van der Waals surface area contributed by atoms with E-state index in [4.69, 9.17) is 0 Å². The highest BCUT2D eigenvalue weighted by Gasteiger charge is 2.21. The number of hydrogen-bond donors (Lipinski definition) is 2. The van der Waals surface area contributed by atoms with Crippen LogP contribution in [0.5, 0.6) is 0 Å². The summed E-state index contributed by atoms with van der Waals surface area (Å²) >= 11 is 4.76. The van der Waals surface area contributed by atoms with Crippen molar-refractivity contribution >= 4 is 43.1 Å². The highest BCUT2D eigenvalue weighted by atomic mass is 79.9. The highest BCUT2D eigenvalue weighted by Crippen LogP contribution is 2.28. The summed E-state index contributed by atoms with van der Waals surface area (Å²) in [6, 6.07) is 5.18. The number of halogens is 1. The Kier molecular flexibility index (Phi) is 5.37. The summed E-state index contributed by atoms with van der Waals surface area (Å²) in [6.07, 6.45) is 1.54. The number of aryl methyl sites for hydroxylation is 1. The number of aromatic nitrogens is 1. The first-order chi connectivity index (χ1) is 9.94. The number of rotatable bonds is 6. The molecule has 5 nitrogen and oxygen atoms in total. The number of nitrogens with zero attached hydrogens (tertiary/aromatic N) is 1. The molecule has 0 aliphatic rings. The van der Waals surface area contributed by atoms with Crippen molar-refractivity contribution in [3.63, 3.8) is 0 Å². The molecule has 2 aromatic heterocycles. The van der Waals surface area contributed by atoms with Gasteiger partial charge in [0.15, 0.2) is 5.82 Å². The maximum atomic E-state index is 12.5. The van der Waals surface area contributed by atoms with Crippen LogP contribution in [0, 0.1) is 6.92 Å². The lowest BCUT2D eigenvalue weighted by Gasteiger charge is -2.07. The lowest BCUT2D eigenvalue weighted by atomic mass is 10.4. The summed E-state index contributed by atoms with van der Waals surface area (Å²) in [4.78, 5) is 6.09. The van der Waals surface area contributed by atoms with Gasteiger partial charge < -0.3 is 5.32 Å². The molecule has 0 fully saturated rings. The zero-order valence-corrected chi connectivity index (χ0v) is 14.9. The van der Waals surface area contributed by atoms with Crippen molar-refractivity contribution in [3.05, 3.63) is 38.6 Å². The van der Waals surface area contributed by atoms with Gasteiger partial charge in [0.05, 0.1) is 4.47 Å². The van der Waals surface area contributed by atoms with E-state index in [0.29, 0.717) is 15.9 Å². The Hall–Kier alpha value is -0.960. The molecule has 0 unspecified atom stereocenters. The molecule has 0 aromatic carbocycles. The van der Waals surface area contributed by atoms with Crippen LogP contribution in [-0.2, 0) is 16.6 Å². The Morgan fingerprint density at radius 3 is 2.86 bits per heavy atom. The Morgan fingerprint density at radius 1 is 1.43 bits per heavy atom. The molecule has 0 spiro atoms. The van der Waals surface area contributed by atoms with Crippen LogP contribution in [-0.4, -0.2) is 19.9 Å². The minimum Gasteiger partial charge on any atom is -0.312 e. The Morgan fingerprint density at radius 2 is 2.19 bits per heavy atom. The van der Waals surface area contributed by atoms with E-state index in [1.165, 1.54) is 11.3 Å². The zero-order valence-electron chi connectivity index (χ0n) is 11.7. The molecule has 0 atom stereocenters. The second-order valence-electron chi connectivity index (χ2n) is 4.35. The molecule has 0 amide bonds. The molecule has 0 aliphatic carbocycles. The molecule has 21 heavy (non-hydrogen) atoms. The van der Waals surface area contributed by atoms with Crippen LogP contribution in [0.4, 0.5) is 5.82 Å². The average molecular weight is 390 g/mol.